The molecule has 1 N–H and O–H groups in total. The molecule has 0 radical (unpaired) electrons. The Kier molecular flexibility index (Phi) is 4.40. The maximum absolute atomic E-state index is 13.0. The number of urea groups is 1. The summed E-state index contributed by atoms with van der Waals surface area (Å²) in [7, 11) is 0. The standard InChI is InChI=1S/C16H20FN3O3/c1-10-14(22)19(9-13(21)18-16(2,3)4)15(23)20(10)12-7-5-11(17)6-8-12/h5-8,10H,9H2,1-4H3,(H,18,21)/t10-/m1/s1. The number of benzene rings is 1. The third kappa shape index (κ3) is 3.67. The molecule has 0 unspecified atom stereocenters. The normalized spacial score (nSPS) is 18.6. The number of nitrogens with one attached hydrogen (secondary N) is 1. The molecule has 0 aromatic heterocycles. The van der Waals surface area contributed by atoms with Crippen LogP contribution in [0.15, 0.2) is 24.3 Å². The van der Waals surface area contributed by atoms with Crippen molar-refractivity contribution in [3.8, 4) is 0 Å². The van der Waals surface area contributed by atoms with Gasteiger partial charge in [-0.1, -0.05) is 0 Å². The Morgan fingerprint density at radius 3 is 2.30 bits per heavy atom. The molecule has 0 spiro atoms. The van der Waals surface area contributed by atoms with E-state index in [1.807, 2.05) is 20.8 Å². The van der Waals surface area contributed by atoms with E-state index in [-0.39, 0.29) is 6.54 Å². The minimum absolute atomic E-state index is 0.336. The quantitative estimate of drug-likeness (QED) is 0.865. The molecule has 124 valence electrons. The van der Waals surface area contributed by atoms with Crippen molar-refractivity contribution in [2.75, 3.05) is 11.4 Å². The minimum atomic E-state index is -0.740. The van der Waals surface area contributed by atoms with Gasteiger partial charge in [0.25, 0.3) is 5.91 Å². The molecule has 7 heteroatoms. The van der Waals surface area contributed by atoms with Crippen LogP contribution >= 0.6 is 0 Å². The van der Waals surface area contributed by atoms with E-state index in [1.165, 1.54) is 29.2 Å². The SMILES string of the molecule is C[C@@H]1C(=O)N(CC(=O)NC(C)(C)C)C(=O)N1c1ccc(F)cc1. The van der Waals surface area contributed by atoms with Crippen molar-refractivity contribution in [2.24, 2.45) is 0 Å². The zero-order valence-corrected chi connectivity index (χ0v) is 13.6. The molecule has 0 bridgehead atoms. The van der Waals surface area contributed by atoms with Crippen LogP contribution in [0.2, 0.25) is 0 Å². The van der Waals surface area contributed by atoms with Crippen LogP contribution in [0.3, 0.4) is 0 Å². The van der Waals surface area contributed by atoms with Gasteiger partial charge in [-0.05, 0) is 52.0 Å². The van der Waals surface area contributed by atoms with Gasteiger partial charge in [-0.25, -0.2) is 9.18 Å². The van der Waals surface area contributed by atoms with Gasteiger partial charge >= 0.3 is 6.03 Å². The summed E-state index contributed by atoms with van der Waals surface area (Å²) in [6.45, 7) is 6.67. The molecule has 0 aliphatic carbocycles. The van der Waals surface area contributed by atoms with Crippen LogP contribution in [0, 0.1) is 5.82 Å². The number of amides is 4. The molecule has 1 aliphatic rings. The van der Waals surface area contributed by atoms with Gasteiger partial charge < -0.3 is 5.32 Å². The summed E-state index contributed by atoms with van der Waals surface area (Å²) < 4.78 is 13.0. The first-order chi connectivity index (χ1) is 10.6. The largest absolute Gasteiger partial charge is 0.350 e. The molecule has 0 saturated carbocycles. The topological polar surface area (TPSA) is 69.7 Å². The van der Waals surface area contributed by atoms with Crippen molar-refractivity contribution in [3.05, 3.63) is 30.1 Å². The van der Waals surface area contributed by atoms with Crippen LogP contribution in [-0.2, 0) is 9.59 Å². The van der Waals surface area contributed by atoms with Crippen LogP contribution in [0.25, 0.3) is 0 Å². The molecule has 1 heterocycles. The Bertz CT molecular complexity index is 637. The lowest BCUT2D eigenvalue weighted by atomic mass is 10.1. The molecule has 1 aromatic rings. The van der Waals surface area contributed by atoms with E-state index in [0.29, 0.717) is 5.69 Å². The minimum Gasteiger partial charge on any atom is -0.350 e. The predicted octanol–water partition coefficient (Wildman–Crippen LogP) is 1.90. The lowest BCUT2D eigenvalue weighted by Gasteiger charge is -2.22. The Balaban J connectivity index is 2.18. The van der Waals surface area contributed by atoms with Gasteiger partial charge in [-0.2, -0.15) is 0 Å². The highest BCUT2D eigenvalue weighted by Gasteiger charge is 2.44. The molecule has 1 saturated heterocycles. The highest BCUT2D eigenvalue weighted by molar-refractivity contribution is 6.15. The highest BCUT2D eigenvalue weighted by atomic mass is 19.1. The number of carbonyl (C=O) groups is 3. The third-order valence-corrected chi connectivity index (χ3v) is 3.37. The Hall–Kier alpha value is -2.44. The fourth-order valence-electron chi connectivity index (χ4n) is 2.41. The summed E-state index contributed by atoms with van der Waals surface area (Å²) in [5.74, 6) is -1.29. The first-order valence-electron chi connectivity index (χ1n) is 7.31. The van der Waals surface area contributed by atoms with Gasteiger partial charge in [0, 0.05) is 11.2 Å². The van der Waals surface area contributed by atoms with Crippen LogP contribution in [0.4, 0.5) is 14.9 Å². The molecule has 1 aromatic carbocycles. The number of nitrogens with zero attached hydrogens (tertiary/aromatic N) is 2. The molecule has 1 aliphatic heterocycles. The van der Waals surface area contributed by atoms with Crippen molar-refractivity contribution in [1.82, 2.24) is 10.2 Å². The molecule has 1 atom stereocenters. The zero-order chi connectivity index (χ0) is 17.4. The maximum Gasteiger partial charge on any atom is 0.332 e. The van der Waals surface area contributed by atoms with Crippen molar-refractivity contribution in [1.29, 1.82) is 0 Å². The Morgan fingerprint density at radius 2 is 1.78 bits per heavy atom. The van der Waals surface area contributed by atoms with Crippen molar-refractivity contribution in [3.63, 3.8) is 0 Å². The highest BCUT2D eigenvalue weighted by Crippen LogP contribution is 2.25. The monoisotopic (exact) mass is 321 g/mol. The van der Waals surface area contributed by atoms with E-state index in [2.05, 4.69) is 5.32 Å². The van der Waals surface area contributed by atoms with Gasteiger partial charge in [-0.15, -0.1) is 0 Å². The fraction of sp³-hybridized carbons (Fsp3) is 0.438. The van der Waals surface area contributed by atoms with Crippen LogP contribution in [0.5, 0.6) is 0 Å². The number of halogens is 1. The number of hydrogen-bond donors (Lipinski definition) is 1. The van der Waals surface area contributed by atoms with Gasteiger partial charge in [-0.3, -0.25) is 19.4 Å². The van der Waals surface area contributed by atoms with E-state index in [9.17, 15) is 18.8 Å². The number of rotatable bonds is 3. The van der Waals surface area contributed by atoms with Crippen molar-refractivity contribution < 1.29 is 18.8 Å². The van der Waals surface area contributed by atoms with Gasteiger partial charge in [0.05, 0.1) is 0 Å². The van der Waals surface area contributed by atoms with Crippen LogP contribution in [-0.4, -0.2) is 40.9 Å². The number of anilines is 1. The van der Waals surface area contributed by atoms with E-state index in [0.717, 1.165) is 4.90 Å². The van der Waals surface area contributed by atoms with Gasteiger partial charge in [0.2, 0.25) is 5.91 Å². The number of carbonyl (C=O) groups excluding carboxylic acids is 3. The molecule has 1 fully saturated rings. The molecule has 2 rings (SSSR count). The average molecular weight is 321 g/mol. The van der Waals surface area contributed by atoms with Crippen LogP contribution in [0.1, 0.15) is 27.7 Å². The van der Waals surface area contributed by atoms with E-state index < -0.39 is 35.2 Å². The van der Waals surface area contributed by atoms with E-state index in [1.54, 1.807) is 6.92 Å². The lowest BCUT2D eigenvalue weighted by Crippen LogP contribution is -2.47. The number of imide groups is 1. The second-order valence-electron chi connectivity index (χ2n) is 6.53. The van der Waals surface area contributed by atoms with Crippen molar-refractivity contribution >= 4 is 23.5 Å². The molecule has 6 nitrogen and oxygen atoms in total. The lowest BCUT2D eigenvalue weighted by molar-refractivity contribution is -0.132. The molecular formula is C16H20FN3O3. The van der Waals surface area contributed by atoms with Crippen LogP contribution < -0.4 is 10.2 Å². The maximum atomic E-state index is 13.0. The zero-order valence-electron chi connectivity index (χ0n) is 13.6. The Morgan fingerprint density at radius 1 is 1.22 bits per heavy atom. The second kappa shape index (κ2) is 5.98. The Labute approximate surface area is 134 Å². The average Bonchev–Trinajstić information content (AvgIpc) is 2.62. The van der Waals surface area contributed by atoms with E-state index >= 15 is 0 Å². The molecule has 23 heavy (non-hydrogen) atoms. The van der Waals surface area contributed by atoms with Crippen molar-refractivity contribution in [2.45, 2.75) is 39.3 Å². The summed E-state index contributed by atoms with van der Waals surface area (Å²) in [4.78, 5) is 38.9. The third-order valence-electron chi connectivity index (χ3n) is 3.37. The van der Waals surface area contributed by atoms with Gasteiger partial charge in [0.15, 0.2) is 0 Å². The smallest absolute Gasteiger partial charge is 0.332 e. The molecule has 4 amide bonds. The summed E-state index contributed by atoms with van der Waals surface area (Å²) >= 11 is 0. The second-order valence-corrected chi connectivity index (χ2v) is 6.53. The summed E-state index contributed by atoms with van der Waals surface area (Å²) in [5.41, 5.74) is -0.0403. The summed E-state index contributed by atoms with van der Waals surface area (Å²) in [6.07, 6.45) is 0. The van der Waals surface area contributed by atoms with E-state index in [4.69, 9.17) is 0 Å². The number of hydrogen-bond acceptors (Lipinski definition) is 3. The first-order valence-corrected chi connectivity index (χ1v) is 7.31. The van der Waals surface area contributed by atoms with Gasteiger partial charge in [0.1, 0.15) is 18.4 Å². The summed E-state index contributed by atoms with van der Waals surface area (Å²) in [5, 5.41) is 2.71. The summed E-state index contributed by atoms with van der Waals surface area (Å²) in [6, 6.07) is 3.96. The molecular weight excluding hydrogens is 301 g/mol. The fourth-order valence-corrected chi connectivity index (χ4v) is 2.41. The first kappa shape index (κ1) is 16.9. The predicted molar refractivity (Wildman–Crippen MR) is 83.3 cm³/mol.